The molecule has 4 heteroatoms. The lowest BCUT2D eigenvalue weighted by molar-refractivity contribution is -0.163. The number of hydrogen-bond donors (Lipinski definition) is 0. The van der Waals surface area contributed by atoms with Gasteiger partial charge in [-0.15, -0.1) is 0 Å². The molecule has 2 fully saturated rings. The molecule has 2 atom stereocenters. The Labute approximate surface area is 107 Å². The van der Waals surface area contributed by atoms with Crippen LogP contribution < -0.4 is 0 Å². The highest BCUT2D eigenvalue weighted by Gasteiger charge is 2.53. The van der Waals surface area contributed by atoms with Crippen LogP contribution in [0, 0.1) is 0 Å². The standard InChI is InChI=1S/C14H20O4/c1-16-13(15)10-6-5-9-14(10)17-11-7-3-2-4-8-12(11)18-14/h6,11-12H,2-5,7-9H2,1H3/t11-,12-/m0/s1. The Bertz CT molecular complexity index is 360. The van der Waals surface area contributed by atoms with E-state index in [1.165, 1.54) is 26.4 Å². The molecule has 0 aromatic heterocycles. The van der Waals surface area contributed by atoms with Crippen molar-refractivity contribution in [3.05, 3.63) is 11.6 Å². The Hall–Kier alpha value is -0.870. The maximum Gasteiger partial charge on any atom is 0.338 e. The first-order valence-corrected chi connectivity index (χ1v) is 6.90. The van der Waals surface area contributed by atoms with Crippen molar-refractivity contribution >= 4 is 5.97 Å². The number of rotatable bonds is 1. The molecule has 0 amide bonds. The molecule has 100 valence electrons. The summed E-state index contributed by atoms with van der Waals surface area (Å²) >= 11 is 0. The van der Waals surface area contributed by atoms with Crippen molar-refractivity contribution in [2.24, 2.45) is 0 Å². The molecular weight excluding hydrogens is 232 g/mol. The fourth-order valence-electron chi connectivity index (χ4n) is 3.32. The predicted molar refractivity (Wildman–Crippen MR) is 64.9 cm³/mol. The third kappa shape index (κ3) is 1.88. The molecule has 0 unspecified atom stereocenters. The number of hydrogen-bond acceptors (Lipinski definition) is 4. The summed E-state index contributed by atoms with van der Waals surface area (Å²) in [4.78, 5) is 11.8. The minimum Gasteiger partial charge on any atom is -0.466 e. The van der Waals surface area contributed by atoms with Crippen LogP contribution in [-0.4, -0.2) is 31.1 Å². The summed E-state index contributed by atoms with van der Waals surface area (Å²) in [6, 6.07) is 0. The van der Waals surface area contributed by atoms with Gasteiger partial charge >= 0.3 is 5.97 Å². The summed E-state index contributed by atoms with van der Waals surface area (Å²) in [5, 5.41) is 0. The monoisotopic (exact) mass is 252 g/mol. The Morgan fingerprint density at radius 1 is 1.28 bits per heavy atom. The topological polar surface area (TPSA) is 44.8 Å². The van der Waals surface area contributed by atoms with Crippen molar-refractivity contribution < 1.29 is 19.0 Å². The van der Waals surface area contributed by atoms with Crippen LogP contribution in [0.15, 0.2) is 11.6 Å². The molecule has 4 nitrogen and oxygen atoms in total. The van der Waals surface area contributed by atoms with Crippen LogP contribution in [0.5, 0.6) is 0 Å². The maximum absolute atomic E-state index is 11.8. The molecule has 3 rings (SSSR count). The summed E-state index contributed by atoms with van der Waals surface area (Å²) in [6.45, 7) is 0. The van der Waals surface area contributed by atoms with E-state index in [1.807, 2.05) is 6.08 Å². The van der Waals surface area contributed by atoms with E-state index in [1.54, 1.807) is 0 Å². The summed E-state index contributed by atoms with van der Waals surface area (Å²) < 4.78 is 17.1. The van der Waals surface area contributed by atoms with E-state index in [0.29, 0.717) is 5.57 Å². The van der Waals surface area contributed by atoms with E-state index in [-0.39, 0.29) is 18.2 Å². The van der Waals surface area contributed by atoms with Crippen LogP contribution in [0.25, 0.3) is 0 Å². The average molecular weight is 252 g/mol. The lowest BCUT2D eigenvalue weighted by atomic mass is 10.1. The van der Waals surface area contributed by atoms with Gasteiger partial charge in [0.05, 0.1) is 24.9 Å². The van der Waals surface area contributed by atoms with Gasteiger partial charge in [0.2, 0.25) is 5.79 Å². The highest BCUT2D eigenvalue weighted by molar-refractivity contribution is 5.91. The van der Waals surface area contributed by atoms with Crippen molar-refractivity contribution in [1.82, 2.24) is 0 Å². The van der Waals surface area contributed by atoms with Gasteiger partial charge in [0.25, 0.3) is 0 Å². The maximum atomic E-state index is 11.8. The van der Waals surface area contributed by atoms with Gasteiger partial charge in [0, 0.05) is 6.42 Å². The highest BCUT2D eigenvalue weighted by Crippen LogP contribution is 2.46. The van der Waals surface area contributed by atoms with Crippen LogP contribution >= 0.6 is 0 Å². The predicted octanol–water partition coefficient (Wildman–Crippen LogP) is 2.32. The molecule has 1 heterocycles. The molecule has 1 saturated carbocycles. The van der Waals surface area contributed by atoms with E-state index in [2.05, 4.69) is 0 Å². The van der Waals surface area contributed by atoms with Crippen LogP contribution in [0.3, 0.4) is 0 Å². The van der Waals surface area contributed by atoms with Crippen LogP contribution in [0.1, 0.15) is 44.9 Å². The molecule has 0 N–H and O–H groups in total. The van der Waals surface area contributed by atoms with Crippen molar-refractivity contribution in [3.8, 4) is 0 Å². The van der Waals surface area contributed by atoms with Crippen molar-refractivity contribution in [2.75, 3.05) is 7.11 Å². The van der Waals surface area contributed by atoms with Gasteiger partial charge in [-0.2, -0.15) is 0 Å². The second kappa shape index (κ2) is 4.67. The van der Waals surface area contributed by atoms with Gasteiger partial charge in [-0.3, -0.25) is 0 Å². The van der Waals surface area contributed by atoms with Crippen LogP contribution in [0.2, 0.25) is 0 Å². The van der Waals surface area contributed by atoms with Gasteiger partial charge in [0.15, 0.2) is 0 Å². The van der Waals surface area contributed by atoms with E-state index in [9.17, 15) is 4.79 Å². The zero-order valence-electron chi connectivity index (χ0n) is 10.8. The van der Waals surface area contributed by atoms with Crippen LogP contribution in [0.4, 0.5) is 0 Å². The van der Waals surface area contributed by atoms with Gasteiger partial charge in [0.1, 0.15) is 0 Å². The summed E-state index contributed by atoms with van der Waals surface area (Å²) in [5.74, 6) is -1.12. The smallest absolute Gasteiger partial charge is 0.338 e. The van der Waals surface area contributed by atoms with Gasteiger partial charge in [-0.05, 0) is 19.3 Å². The summed E-state index contributed by atoms with van der Waals surface area (Å²) in [5.41, 5.74) is 0.568. The molecule has 1 saturated heterocycles. The Morgan fingerprint density at radius 3 is 2.56 bits per heavy atom. The van der Waals surface area contributed by atoms with Gasteiger partial charge < -0.3 is 14.2 Å². The Kier molecular flexibility index (Phi) is 3.16. The molecule has 0 bridgehead atoms. The minimum atomic E-state index is -0.806. The SMILES string of the molecule is COC(=O)C1=CCCC12O[C@H]1CCCCC[C@@H]1O2. The third-order valence-electron chi connectivity index (χ3n) is 4.21. The summed E-state index contributed by atoms with van der Waals surface area (Å²) in [7, 11) is 1.40. The Balaban J connectivity index is 1.81. The normalized spacial score (nSPS) is 33.9. The fraction of sp³-hybridized carbons (Fsp3) is 0.786. The molecule has 1 spiro atoms. The number of allylic oxidation sites excluding steroid dienone is 1. The quantitative estimate of drug-likeness (QED) is 0.672. The first-order chi connectivity index (χ1) is 8.75. The van der Waals surface area contributed by atoms with E-state index in [0.717, 1.165) is 25.7 Å². The lowest BCUT2D eigenvalue weighted by Crippen LogP contribution is -2.34. The highest BCUT2D eigenvalue weighted by atomic mass is 16.8. The first kappa shape index (κ1) is 12.2. The van der Waals surface area contributed by atoms with Crippen molar-refractivity contribution in [2.45, 2.75) is 62.9 Å². The number of carbonyl (C=O) groups is 1. The number of ether oxygens (including phenoxy) is 3. The molecular formula is C14H20O4. The number of methoxy groups -OCH3 is 1. The number of fused-ring (bicyclic) bond motifs is 1. The zero-order chi connectivity index (χ0) is 12.6. The van der Waals surface area contributed by atoms with E-state index < -0.39 is 5.79 Å². The Morgan fingerprint density at radius 2 is 1.94 bits per heavy atom. The molecule has 1 aliphatic heterocycles. The fourth-order valence-corrected chi connectivity index (χ4v) is 3.32. The average Bonchev–Trinajstić information content (AvgIpc) is 2.87. The number of carbonyl (C=O) groups excluding carboxylic acids is 1. The summed E-state index contributed by atoms with van der Waals surface area (Å²) in [6.07, 6.45) is 9.49. The lowest BCUT2D eigenvalue weighted by Gasteiger charge is -2.25. The largest absolute Gasteiger partial charge is 0.466 e. The van der Waals surface area contributed by atoms with E-state index >= 15 is 0 Å². The van der Waals surface area contributed by atoms with Crippen molar-refractivity contribution in [1.29, 1.82) is 0 Å². The molecule has 2 aliphatic carbocycles. The molecule has 0 radical (unpaired) electrons. The third-order valence-corrected chi connectivity index (χ3v) is 4.21. The minimum absolute atomic E-state index is 0.152. The zero-order valence-corrected chi connectivity index (χ0v) is 10.8. The van der Waals surface area contributed by atoms with E-state index in [4.69, 9.17) is 14.2 Å². The molecule has 0 aromatic carbocycles. The molecule has 3 aliphatic rings. The second-order valence-electron chi connectivity index (χ2n) is 5.35. The van der Waals surface area contributed by atoms with Crippen molar-refractivity contribution in [3.63, 3.8) is 0 Å². The number of esters is 1. The van der Waals surface area contributed by atoms with Gasteiger partial charge in [-0.25, -0.2) is 4.79 Å². The first-order valence-electron chi connectivity index (χ1n) is 6.90. The second-order valence-corrected chi connectivity index (χ2v) is 5.35. The van der Waals surface area contributed by atoms with Crippen LogP contribution in [-0.2, 0) is 19.0 Å². The molecule has 18 heavy (non-hydrogen) atoms. The molecule has 0 aromatic rings. The van der Waals surface area contributed by atoms with Gasteiger partial charge in [-0.1, -0.05) is 25.3 Å².